The Balaban J connectivity index is 2.10. The topological polar surface area (TPSA) is 25.2 Å². The Kier molecular flexibility index (Phi) is 3.95. The minimum absolute atomic E-state index is 0.587. The third kappa shape index (κ3) is 2.81. The Hall–Kier alpha value is -0.450. The minimum atomic E-state index is 0.587. The molecule has 2 aromatic rings. The second-order valence-corrected chi connectivity index (χ2v) is 5.35. The maximum Gasteiger partial charge on any atom is 0.136 e. The Morgan fingerprint density at radius 3 is 2.75 bits per heavy atom. The zero-order valence-corrected chi connectivity index (χ0v) is 12.1. The predicted octanol–water partition coefficient (Wildman–Crippen LogP) is 5.07. The minimum Gasteiger partial charge on any atom is -0.466 e. The molecule has 0 amide bonds. The van der Waals surface area contributed by atoms with Gasteiger partial charge in [0.15, 0.2) is 0 Å². The molecule has 1 aromatic heterocycles. The lowest BCUT2D eigenvalue weighted by Gasteiger charge is -2.07. The van der Waals surface area contributed by atoms with Crippen molar-refractivity contribution in [2.45, 2.75) is 6.54 Å². The van der Waals surface area contributed by atoms with E-state index in [4.69, 9.17) is 16.0 Å². The average molecular weight is 365 g/mol. The van der Waals surface area contributed by atoms with Crippen LogP contribution in [0.3, 0.4) is 0 Å². The van der Waals surface area contributed by atoms with E-state index in [1.807, 2.05) is 24.3 Å². The first-order valence-corrected chi connectivity index (χ1v) is 6.54. The zero-order valence-electron chi connectivity index (χ0n) is 8.14. The molecule has 0 spiro atoms. The maximum absolute atomic E-state index is 6.05. The van der Waals surface area contributed by atoms with Crippen molar-refractivity contribution in [3.05, 3.63) is 50.3 Å². The summed E-state index contributed by atoms with van der Waals surface area (Å²) < 4.78 is 7.23. The van der Waals surface area contributed by atoms with Gasteiger partial charge in [-0.1, -0.05) is 27.5 Å². The number of anilines is 1. The molecule has 2 nitrogen and oxygen atoms in total. The fraction of sp³-hybridized carbons (Fsp3) is 0.0909. The molecule has 0 saturated heterocycles. The lowest BCUT2D eigenvalue weighted by atomic mass is 10.3. The van der Waals surface area contributed by atoms with Crippen LogP contribution >= 0.6 is 43.5 Å². The van der Waals surface area contributed by atoms with Gasteiger partial charge in [-0.25, -0.2) is 0 Å². The number of nitrogens with one attached hydrogen (secondary N) is 1. The van der Waals surface area contributed by atoms with Gasteiger partial charge in [0.1, 0.15) is 5.76 Å². The quantitative estimate of drug-likeness (QED) is 0.821. The number of benzene rings is 1. The molecule has 0 radical (unpaired) electrons. The number of halogens is 3. The Morgan fingerprint density at radius 2 is 2.06 bits per heavy atom. The second kappa shape index (κ2) is 5.25. The highest BCUT2D eigenvalue weighted by molar-refractivity contribution is 9.10. The summed E-state index contributed by atoms with van der Waals surface area (Å²) >= 11 is 12.8. The van der Waals surface area contributed by atoms with Crippen molar-refractivity contribution in [1.82, 2.24) is 0 Å². The third-order valence-electron chi connectivity index (χ3n) is 2.06. The monoisotopic (exact) mass is 363 g/mol. The molecule has 0 unspecified atom stereocenters. The van der Waals surface area contributed by atoms with E-state index in [-0.39, 0.29) is 0 Å². The number of rotatable bonds is 3. The van der Waals surface area contributed by atoms with Crippen molar-refractivity contribution in [2.24, 2.45) is 0 Å². The first-order chi connectivity index (χ1) is 7.66. The molecule has 1 heterocycles. The summed E-state index contributed by atoms with van der Waals surface area (Å²) in [7, 11) is 0. The van der Waals surface area contributed by atoms with Crippen LogP contribution in [-0.2, 0) is 6.54 Å². The Morgan fingerprint density at radius 1 is 1.25 bits per heavy atom. The summed E-state index contributed by atoms with van der Waals surface area (Å²) in [5, 5.41) is 3.90. The van der Waals surface area contributed by atoms with Gasteiger partial charge >= 0.3 is 0 Å². The van der Waals surface area contributed by atoms with Gasteiger partial charge in [0, 0.05) is 4.47 Å². The Labute approximate surface area is 115 Å². The summed E-state index contributed by atoms with van der Waals surface area (Å²) in [5.74, 6) is 0.844. The lowest BCUT2D eigenvalue weighted by molar-refractivity contribution is 0.516. The molecule has 5 heteroatoms. The van der Waals surface area contributed by atoms with Crippen LogP contribution in [0.4, 0.5) is 5.69 Å². The van der Waals surface area contributed by atoms with E-state index in [1.54, 1.807) is 6.26 Å². The van der Waals surface area contributed by atoms with Crippen molar-refractivity contribution >= 4 is 49.1 Å². The van der Waals surface area contributed by atoms with E-state index in [0.29, 0.717) is 11.6 Å². The highest BCUT2D eigenvalue weighted by Crippen LogP contribution is 2.27. The van der Waals surface area contributed by atoms with Crippen molar-refractivity contribution < 1.29 is 4.42 Å². The van der Waals surface area contributed by atoms with Crippen LogP contribution in [0, 0.1) is 0 Å². The zero-order chi connectivity index (χ0) is 11.5. The maximum atomic E-state index is 6.05. The molecular formula is C11H8Br2ClNO. The van der Waals surface area contributed by atoms with E-state index < -0.39 is 0 Å². The van der Waals surface area contributed by atoms with Crippen LogP contribution in [0.1, 0.15) is 5.76 Å². The second-order valence-electron chi connectivity index (χ2n) is 3.17. The summed E-state index contributed by atoms with van der Waals surface area (Å²) in [4.78, 5) is 0. The van der Waals surface area contributed by atoms with Gasteiger partial charge in [-0.3, -0.25) is 0 Å². The standard InChI is InChI=1S/C11H8Br2ClNO/c12-7-1-2-9(14)10(5-7)15-6-11-8(13)3-4-16-11/h1-5,15H,6H2. The van der Waals surface area contributed by atoms with Crippen molar-refractivity contribution in [3.8, 4) is 0 Å². The van der Waals surface area contributed by atoms with Crippen LogP contribution in [-0.4, -0.2) is 0 Å². The molecule has 16 heavy (non-hydrogen) atoms. The van der Waals surface area contributed by atoms with E-state index in [9.17, 15) is 0 Å². The molecule has 0 aliphatic carbocycles. The Bertz CT molecular complexity index is 498. The van der Waals surface area contributed by atoms with Gasteiger partial charge in [-0.05, 0) is 40.2 Å². The normalized spacial score (nSPS) is 10.4. The first kappa shape index (κ1) is 12.0. The molecule has 1 aromatic carbocycles. The molecule has 84 valence electrons. The van der Waals surface area contributed by atoms with Gasteiger partial charge in [0.2, 0.25) is 0 Å². The average Bonchev–Trinajstić information content (AvgIpc) is 2.66. The van der Waals surface area contributed by atoms with E-state index in [1.165, 1.54) is 0 Å². The van der Waals surface area contributed by atoms with Gasteiger partial charge in [-0.2, -0.15) is 0 Å². The van der Waals surface area contributed by atoms with Crippen LogP contribution in [0.2, 0.25) is 5.02 Å². The van der Waals surface area contributed by atoms with Crippen LogP contribution in [0.15, 0.2) is 43.9 Å². The molecule has 0 saturated carbocycles. The molecule has 1 N–H and O–H groups in total. The van der Waals surface area contributed by atoms with Crippen molar-refractivity contribution in [1.29, 1.82) is 0 Å². The molecule has 0 aliphatic heterocycles. The molecule has 2 rings (SSSR count). The molecule has 0 bridgehead atoms. The SMILES string of the molecule is Clc1ccc(Br)cc1NCc1occc1Br. The summed E-state index contributed by atoms with van der Waals surface area (Å²) in [6.07, 6.45) is 1.64. The predicted molar refractivity (Wildman–Crippen MR) is 72.9 cm³/mol. The van der Waals surface area contributed by atoms with E-state index >= 15 is 0 Å². The van der Waals surface area contributed by atoms with Crippen LogP contribution in [0.5, 0.6) is 0 Å². The van der Waals surface area contributed by atoms with Crippen molar-refractivity contribution in [3.63, 3.8) is 0 Å². The van der Waals surface area contributed by atoms with E-state index in [0.717, 1.165) is 20.4 Å². The molecule has 0 aliphatic rings. The number of hydrogen-bond donors (Lipinski definition) is 1. The first-order valence-electron chi connectivity index (χ1n) is 4.57. The molecule has 0 atom stereocenters. The number of furan rings is 1. The van der Waals surface area contributed by atoms with Gasteiger partial charge in [0.05, 0.1) is 28.0 Å². The molecule has 0 fully saturated rings. The smallest absolute Gasteiger partial charge is 0.136 e. The van der Waals surface area contributed by atoms with E-state index in [2.05, 4.69) is 37.2 Å². The van der Waals surface area contributed by atoms with Gasteiger partial charge in [-0.15, -0.1) is 0 Å². The summed E-state index contributed by atoms with van der Waals surface area (Å²) in [5.41, 5.74) is 0.874. The van der Waals surface area contributed by atoms with Crippen LogP contribution < -0.4 is 5.32 Å². The van der Waals surface area contributed by atoms with Crippen molar-refractivity contribution in [2.75, 3.05) is 5.32 Å². The number of hydrogen-bond acceptors (Lipinski definition) is 2. The fourth-order valence-corrected chi connectivity index (χ4v) is 2.15. The highest BCUT2D eigenvalue weighted by Gasteiger charge is 2.05. The lowest BCUT2D eigenvalue weighted by Crippen LogP contribution is -1.99. The third-order valence-corrected chi connectivity index (χ3v) is 3.59. The highest BCUT2D eigenvalue weighted by atomic mass is 79.9. The summed E-state index contributed by atoms with van der Waals surface area (Å²) in [6, 6.07) is 7.53. The molecular weight excluding hydrogens is 357 g/mol. The van der Waals surface area contributed by atoms with Crippen LogP contribution in [0.25, 0.3) is 0 Å². The van der Waals surface area contributed by atoms with Gasteiger partial charge < -0.3 is 9.73 Å². The fourth-order valence-electron chi connectivity index (χ4n) is 1.26. The summed E-state index contributed by atoms with van der Waals surface area (Å²) in [6.45, 7) is 0.587. The largest absolute Gasteiger partial charge is 0.466 e. The van der Waals surface area contributed by atoms with Gasteiger partial charge in [0.25, 0.3) is 0 Å².